The Morgan fingerprint density at radius 3 is 2.67 bits per heavy atom. The number of fused-ring (bicyclic) bond motifs is 2. The molecule has 1 atom stereocenters. The van der Waals surface area contributed by atoms with Gasteiger partial charge in [-0.05, 0) is 72.5 Å². The summed E-state index contributed by atoms with van der Waals surface area (Å²) in [6.07, 6.45) is 3.92. The first-order valence-electron chi connectivity index (χ1n) is 12.3. The molecule has 0 aliphatic carbocycles. The van der Waals surface area contributed by atoms with Crippen molar-refractivity contribution in [1.82, 2.24) is 19.0 Å². The first-order valence-corrected chi connectivity index (χ1v) is 13.8. The first-order chi connectivity index (χ1) is 19.1. The summed E-state index contributed by atoms with van der Waals surface area (Å²) in [5.74, 6) is -1.63. The Balaban J connectivity index is 1.40. The highest BCUT2D eigenvalue weighted by Crippen LogP contribution is 2.29. The minimum absolute atomic E-state index is 0.0897. The number of urea groups is 1. The summed E-state index contributed by atoms with van der Waals surface area (Å²) in [4.78, 5) is 31.8. The lowest BCUT2D eigenvalue weighted by Gasteiger charge is -2.26. The molecule has 13 heteroatoms. The molecule has 0 saturated carbocycles. The van der Waals surface area contributed by atoms with Crippen LogP contribution in [0.3, 0.4) is 0 Å². The third-order valence-electron chi connectivity index (χ3n) is 6.47. The summed E-state index contributed by atoms with van der Waals surface area (Å²) >= 11 is 0. The lowest BCUT2D eigenvalue weighted by Crippen LogP contribution is -2.53. The Bertz CT molecular complexity index is 1690. The number of nitrogens with zero attached hydrogens (tertiary/aromatic N) is 3. The smallest absolute Gasteiger partial charge is 0.332 e. The van der Waals surface area contributed by atoms with Gasteiger partial charge in [0.2, 0.25) is 5.91 Å². The molecular weight excluding hydrogens is 544 g/mol. The van der Waals surface area contributed by atoms with E-state index in [-0.39, 0.29) is 17.6 Å². The lowest BCUT2D eigenvalue weighted by atomic mass is 10.0. The minimum atomic E-state index is -4.45. The van der Waals surface area contributed by atoms with Gasteiger partial charge in [-0.3, -0.25) is 4.79 Å². The van der Waals surface area contributed by atoms with Gasteiger partial charge < -0.3 is 15.0 Å². The predicted octanol–water partition coefficient (Wildman–Crippen LogP) is 3.31. The second-order valence-corrected chi connectivity index (χ2v) is 10.8. The first kappa shape index (κ1) is 27.1. The van der Waals surface area contributed by atoms with Crippen molar-refractivity contribution in [1.29, 1.82) is 0 Å². The quantitative estimate of drug-likeness (QED) is 0.352. The molecular formula is C27H25F2N5O5S. The molecule has 2 N–H and O–H groups in total. The van der Waals surface area contributed by atoms with Crippen molar-refractivity contribution < 1.29 is 31.5 Å². The minimum Gasteiger partial charge on any atom is -0.493 e. The third kappa shape index (κ3) is 5.73. The maximum atomic E-state index is 13.9. The van der Waals surface area contributed by atoms with Crippen LogP contribution in [0.1, 0.15) is 17.5 Å². The molecule has 1 aliphatic heterocycles. The van der Waals surface area contributed by atoms with Crippen molar-refractivity contribution in [2.45, 2.75) is 25.3 Å². The van der Waals surface area contributed by atoms with E-state index in [0.717, 1.165) is 40.3 Å². The number of amides is 3. The zero-order chi connectivity index (χ0) is 28.4. The highest BCUT2D eigenvalue weighted by Gasteiger charge is 2.28. The molecule has 2 aromatic heterocycles. The Hall–Kier alpha value is -4.52. The van der Waals surface area contributed by atoms with E-state index in [2.05, 4.69) is 10.3 Å². The summed E-state index contributed by atoms with van der Waals surface area (Å²) < 4.78 is 62.0. The molecule has 0 spiro atoms. The van der Waals surface area contributed by atoms with Gasteiger partial charge in [0.15, 0.2) is 5.65 Å². The van der Waals surface area contributed by atoms with E-state index in [4.69, 9.17) is 4.74 Å². The molecule has 4 aromatic rings. The predicted molar refractivity (Wildman–Crippen MR) is 143 cm³/mol. The number of aromatic nitrogens is 2. The number of carbonyl (C=O) groups excluding carboxylic acids is 2. The number of carbonyl (C=O) groups is 2. The summed E-state index contributed by atoms with van der Waals surface area (Å²) in [7, 11) is -2.96. The summed E-state index contributed by atoms with van der Waals surface area (Å²) in [5.41, 5.74) is 1.61. The van der Waals surface area contributed by atoms with E-state index in [9.17, 15) is 26.8 Å². The monoisotopic (exact) mass is 569 g/mol. The van der Waals surface area contributed by atoms with Crippen molar-refractivity contribution in [3.05, 3.63) is 89.8 Å². The van der Waals surface area contributed by atoms with Gasteiger partial charge in [-0.15, -0.1) is 0 Å². The van der Waals surface area contributed by atoms with Gasteiger partial charge in [-0.25, -0.2) is 27.3 Å². The van der Waals surface area contributed by atoms with Gasteiger partial charge in [0.1, 0.15) is 23.4 Å². The van der Waals surface area contributed by atoms with Crippen LogP contribution in [0.15, 0.2) is 67.0 Å². The van der Waals surface area contributed by atoms with Crippen molar-refractivity contribution in [2.24, 2.45) is 0 Å². The Morgan fingerprint density at radius 1 is 1.12 bits per heavy atom. The molecule has 2 aromatic carbocycles. The standard InChI is InChI=1S/C27H25F2N5O5S/c1-33(22-6-7-24-19(15-22)5-3-11-39-24)26(35)23(14-17-12-20(28)16-21(29)13-17)31-27(36)32-40(37,38)34-10-8-18-4-2-9-30-25(18)34/h2,4,6-10,12-13,15-16,23H,3,5,11,14H2,1H3,(H2,31,32,36)/t23-/m0/s1. The molecule has 0 saturated heterocycles. The van der Waals surface area contributed by atoms with Crippen LogP contribution in [0, 0.1) is 11.6 Å². The normalized spacial score (nSPS) is 13.7. The number of halogens is 2. The van der Waals surface area contributed by atoms with E-state index < -0.39 is 39.8 Å². The number of ether oxygens (including phenoxy) is 1. The molecule has 208 valence electrons. The highest BCUT2D eigenvalue weighted by molar-refractivity contribution is 7.88. The van der Waals surface area contributed by atoms with Crippen LogP contribution in [0.5, 0.6) is 5.75 Å². The molecule has 3 amide bonds. The molecule has 10 nitrogen and oxygen atoms in total. The van der Waals surface area contributed by atoms with E-state index in [1.165, 1.54) is 30.4 Å². The fourth-order valence-electron chi connectivity index (χ4n) is 4.57. The van der Waals surface area contributed by atoms with E-state index in [1.807, 2.05) is 4.72 Å². The second-order valence-electron chi connectivity index (χ2n) is 9.28. The fraction of sp³-hybridized carbons (Fsp3) is 0.222. The topological polar surface area (TPSA) is 123 Å². The Kier molecular flexibility index (Phi) is 7.39. The van der Waals surface area contributed by atoms with Crippen molar-refractivity contribution in [2.75, 3.05) is 18.6 Å². The fourth-order valence-corrected chi connectivity index (χ4v) is 5.56. The van der Waals surface area contributed by atoms with Gasteiger partial charge >= 0.3 is 16.2 Å². The molecule has 1 aliphatic rings. The third-order valence-corrected chi connectivity index (χ3v) is 7.73. The van der Waals surface area contributed by atoms with E-state index in [1.54, 1.807) is 30.3 Å². The zero-order valence-corrected chi connectivity index (χ0v) is 22.1. The number of rotatable bonds is 7. The second kappa shape index (κ2) is 10.9. The SMILES string of the molecule is CN(C(=O)[C@H](Cc1cc(F)cc(F)c1)NC(=O)NS(=O)(=O)n1ccc2cccnc21)c1ccc2c(c1)CCCO2. The molecule has 0 fully saturated rings. The number of aryl methyl sites for hydroxylation is 1. The van der Waals surface area contributed by atoms with Crippen LogP contribution in [0.25, 0.3) is 11.0 Å². The number of hydrogen-bond donors (Lipinski definition) is 2. The molecule has 5 rings (SSSR count). The summed E-state index contributed by atoms with van der Waals surface area (Å²) in [5, 5.41) is 2.89. The van der Waals surface area contributed by atoms with E-state index in [0.29, 0.717) is 23.7 Å². The average Bonchev–Trinajstić information content (AvgIpc) is 3.36. The molecule has 3 heterocycles. The number of nitrogens with one attached hydrogen (secondary N) is 2. The van der Waals surface area contributed by atoms with Crippen LogP contribution < -0.4 is 19.7 Å². The zero-order valence-electron chi connectivity index (χ0n) is 21.3. The molecule has 0 bridgehead atoms. The molecule has 0 unspecified atom stereocenters. The van der Waals surface area contributed by atoms with Crippen LogP contribution in [-0.4, -0.2) is 49.0 Å². The average molecular weight is 570 g/mol. The van der Waals surface area contributed by atoms with Gasteiger partial charge in [-0.1, -0.05) is 0 Å². The Labute approximate surface area is 228 Å². The van der Waals surface area contributed by atoms with Gasteiger partial charge in [0, 0.05) is 43.0 Å². The summed E-state index contributed by atoms with van der Waals surface area (Å²) in [6, 6.07) is 10.2. The van der Waals surface area contributed by atoms with Gasteiger partial charge in [0.25, 0.3) is 0 Å². The Morgan fingerprint density at radius 2 is 1.90 bits per heavy atom. The van der Waals surface area contributed by atoms with Crippen LogP contribution in [0.4, 0.5) is 19.3 Å². The largest absolute Gasteiger partial charge is 0.493 e. The number of benzene rings is 2. The van der Waals surface area contributed by atoms with Crippen molar-refractivity contribution >= 4 is 38.9 Å². The molecule has 0 radical (unpaired) electrons. The maximum absolute atomic E-state index is 13.9. The number of anilines is 1. The maximum Gasteiger partial charge on any atom is 0.332 e. The van der Waals surface area contributed by atoms with Gasteiger partial charge in [0.05, 0.1) is 6.61 Å². The van der Waals surface area contributed by atoms with E-state index >= 15 is 0 Å². The number of hydrogen-bond acceptors (Lipinski definition) is 6. The molecule has 40 heavy (non-hydrogen) atoms. The summed E-state index contributed by atoms with van der Waals surface area (Å²) in [6.45, 7) is 0.601. The highest BCUT2D eigenvalue weighted by atomic mass is 32.2. The lowest BCUT2D eigenvalue weighted by molar-refractivity contribution is -0.120. The van der Waals surface area contributed by atoms with Crippen molar-refractivity contribution in [3.63, 3.8) is 0 Å². The number of pyridine rings is 1. The van der Waals surface area contributed by atoms with Crippen LogP contribution in [-0.2, 0) is 27.8 Å². The number of likely N-dealkylation sites (N-methyl/N-ethyl adjacent to an activating group) is 1. The van der Waals surface area contributed by atoms with Crippen LogP contribution >= 0.6 is 0 Å². The van der Waals surface area contributed by atoms with Crippen molar-refractivity contribution in [3.8, 4) is 5.75 Å². The van der Waals surface area contributed by atoms with Crippen LogP contribution in [0.2, 0.25) is 0 Å². The van der Waals surface area contributed by atoms with Gasteiger partial charge in [-0.2, -0.15) is 8.42 Å².